The molecule has 0 saturated heterocycles. The van der Waals surface area contributed by atoms with E-state index in [1.165, 1.54) is 167 Å². The van der Waals surface area contributed by atoms with Gasteiger partial charge < -0.3 is 5.11 Å². The molecular weight excluding hydrogens is 516 g/mol. The van der Waals surface area contributed by atoms with Crippen molar-refractivity contribution in [1.29, 1.82) is 0 Å². The Labute approximate surface area is 264 Å². The van der Waals surface area contributed by atoms with Gasteiger partial charge in [0.2, 0.25) is 0 Å². The lowest BCUT2D eigenvalue weighted by molar-refractivity contribution is -0.129. The molecule has 3 nitrogen and oxygen atoms in total. The summed E-state index contributed by atoms with van der Waals surface area (Å²) in [6, 6.07) is 0. The topological polar surface area (TPSA) is 54.4 Å². The molecule has 1 atom stereocenters. The molecule has 0 bridgehead atoms. The minimum atomic E-state index is -0.472. The van der Waals surface area contributed by atoms with Gasteiger partial charge in [0.1, 0.15) is 11.6 Å². The van der Waals surface area contributed by atoms with Gasteiger partial charge in [0.15, 0.2) is 0 Å². The van der Waals surface area contributed by atoms with E-state index in [2.05, 4.69) is 13.8 Å². The fourth-order valence-electron chi connectivity index (χ4n) is 6.23. The SMILES string of the molecule is CCCCCCCCCCCCCCCCCC(=O)CC(CO)C(=O)CCCCCCCCCCCCCCCCC. The van der Waals surface area contributed by atoms with Gasteiger partial charge in [0.25, 0.3) is 0 Å². The number of ketones is 2. The average molecular weight is 593 g/mol. The van der Waals surface area contributed by atoms with Crippen molar-refractivity contribution in [2.24, 2.45) is 5.92 Å². The Hall–Kier alpha value is -0.700. The molecule has 3 heteroatoms. The van der Waals surface area contributed by atoms with Crippen LogP contribution in [0.3, 0.4) is 0 Å². The van der Waals surface area contributed by atoms with Crippen molar-refractivity contribution in [1.82, 2.24) is 0 Å². The van der Waals surface area contributed by atoms with Crippen molar-refractivity contribution in [3.05, 3.63) is 0 Å². The highest BCUT2D eigenvalue weighted by molar-refractivity contribution is 5.88. The van der Waals surface area contributed by atoms with E-state index < -0.39 is 5.92 Å². The van der Waals surface area contributed by atoms with E-state index in [4.69, 9.17) is 0 Å². The Morgan fingerprint density at radius 2 is 0.667 bits per heavy atom. The van der Waals surface area contributed by atoms with Crippen LogP contribution in [-0.2, 0) is 9.59 Å². The average Bonchev–Trinajstić information content (AvgIpc) is 2.99. The molecule has 42 heavy (non-hydrogen) atoms. The largest absolute Gasteiger partial charge is 0.396 e. The summed E-state index contributed by atoms with van der Waals surface area (Å²) >= 11 is 0. The zero-order valence-electron chi connectivity index (χ0n) is 28.9. The molecule has 0 spiro atoms. The van der Waals surface area contributed by atoms with Crippen LogP contribution in [0.15, 0.2) is 0 Å². The van der Waals surface area contributed by atoms with Gasteiger partial charge in [-0.05, 0) is 12.8 Å². The monoisotopic (exact) mass is 593 g/mol. The van der Waals surface area contributed by atoms with Crippen LogP contribution in [0.4, 0.5) is 0 Å². The summed E-state index contributed by atoms with van der Waals surface area (Å²) in [5.41, 5.74) is 0. The zero-order chi connectivity index (χ0) is 30.8. The fraction of sp³-hybridized carbons (Fsp3) is 0.949. The number of carbonyl (C=O) groups is 2. The lowest BCUT2D eigenvalue weighted by Crippen LogP contribution is -2.22. The summed E-state index contributed by atoms with van der Waals surface area (Å²) in [4.78, 5) is 24.9. The minimum Gasteiger partial charge on any atom is -0.396 e. The first kappa shape index (κ1) is 41.3. The zero-order valence-corrected chi connectivity index (χ0v) is 28.9. The number of aliphatic hydroxyl groups excluding tert-OH is 1. The highest BCUT2D eigenvalue weighted by atomic mass is 16.3. The molecule has 0 aromatic carbocycles. The highest BCUT2D eigenvalue weighted by Gasteiger charge is 2.20. The molecule has 0 aromatic rings. The van der Waals surface area contributed by atoms with E-state index in [0.717, 1.165) is 25.7 Å². The van der Waals surface area contributed by atoms with Crippen LogP contribution in [0.2, 0.25) is 0 Å². The number of hydrogen-bond acceptors (Lipinski definition) is 3. The molecule has 250 valence electrons. The Kier molecular flexibility index (Phi) is 34.2. The second-order valence-electron chi connectivity index (χ2n) is 13.5. The summed E-state index contributed by atoms with van der Waals surface area (Å²) in [5.74, 6) is -0.217. The number of Topliss-reactive ketones (excluding diaryl/α,β-unsaturated/α-hetero) is 2. The first-order chi connectivity index (χ1) is 20.7. The Bertz CT molecular complexity index is 558. The lowest BCUT2D eigenvalue weighted by atomic mass is 9.92. The molecular formula is C39H76O3. The smallest absolute Gasteiger partial charge is 0.138 e. The van der Waals surface area contributed by atoms with Crippen molar-refractivity contribution < 1.29 is 14.7 Å². The highest BCUT2D eigenvalue weighted by Crippen LogP contribution is 2.17. The Morgan fingerprint density at radius 3 is 0.952 bits per heavy atom. The maximum atomic E-state index is 12.5. The van der Waals surface area contributed by atoms with Crippen LogP contribution in [0.25, 0.3) is 0 Å². The van der Waals surface area contributed by atoms with E-state index in [0.29, 0.717) is 12.8 Å². The standard InChI is InChI=1S/C39H76O3/c1-3-5-7-9-11-13-15-17-19-21-23-25-27-29-31-33-38(41)35-37(36-40)39(42)34-32-30-28-26-24-22-20-18-16-14-12-10-8-6-4-2/h37,40H,3-36H2,1-2H3. The van der Waals surface area contributed by atoms with E-state index >= 15 is 0 Å². The molecule has 0 heterocycles. The molecule has 0 amide bonds. The number of carbonyl (C=O) groups excluding carboxylic acids is 2. The molecule has 0 aliphatic rings. The number of rotatable bonds is 36. The third kappa shape index (κ3) is 30.7. The first-order valence-corrected chi connectivity index (χ1v) is 19.3. The van der Waals surface area contributed by atoms with Crippen LogP contribution in [0.5, 0.6) is 0 Å². The van der Waals surface area contributed by atoms with Gasteiger partial charge in [-0.25, -0.2) is 0 Å². The van der Waals surface area contributed by atoms with Gasteiger partial charge in [0.05, 0.1) is 6.61 Å². The molecule has 1 N–H and O–H groups in total. The second-order valence-corrected chi connectivity index (χ2v) is 13.5. The number of aliphatic hydroxyl groups is 1. The summed E-state index contributed by atoms with van der Waals surface area (Å²) < 4.78 is 0. The lowest BCUT2D eigenvalue weighted by Gasteiger charge is -2.12. The summed E-state index contributed by atoms with van der Waals surface area (Å²) in [5, 5.41) is 9.70. The third-order valence-corrected chi connectivity index (χ3v) is 9.24. The van der Waals surface area contributed by atoms with Crippen molar-refractivity contribution >= 4 is 11.6 Å². The number of hydrogen-bond donors (Lipinski definition) is 1. The van der Waals surface area contributed by atoms with E-state index in [1.54, 1.807) is 0 Å². The maximum Gasteiger partial charge on any atom is 0.138 e. The van der Waals surface area contributed by atoms with Crippen LogP contribution in [0, 0.1) is 5.92 Å². The predicted molar refractivity (Wildman–Crippen MR) is 184 cm³/mol. The van der Waals surface area contributed by atoms with Gasteiger partial charge in [-0.3, -0.25) is 9.59 Å². The summed E-state index contributed by atoms with van der Waals surface area (Å²) in [6.07, 6.45) is 40.9. The van der Waals surface area contributed by atoms with Crippen LogP contribution in [0.1, 0.15) is 226 Å². The molecule has 0 saturated carbocycles. The molecule has 1 unspecified atom stereocenters. The quantitative estimate of drug-likeness (QED) is 0.0736. The molecule has 0 radical (unpaired) electrons. The van der Waals surface area contributed by atoms with Crippen molar-refractivity contribution in [2.75, 3.05) is 6.61 Å². The van der Waals surface area contributed by atoms with Gasteiger partial charge in [0, 0.05) is 25.2 Å². The van der Waals surface area contributed by atoms with Gasteiger partial charge in [-0.15, -0.1) is 0 Å². The Morgan fingerprint density at radius 1 is 0.405 bits per heavy atom. The van der Waals surface area contributed by atoms with E-state index in [9.17, 15) is 14.7 Å². The summed E-state index contributed by atoms with van der Waals surface area (Å²) in [7, 11) is 0. The molecule has 0 aromatic heterocycles. The van der Waals surface area contributed by atoms with Gasteiger partial charge in [-0.2, -0.15) is 0 Å². The normalized spacial score (nSPS) is 12.2. The van der Waals surface area contributed by atoms with Crippen LogP contribution in [-0.4, -0.2) is 23.3 Å². The van der Waals surface area contributed by atoms with Crippen LogP contribution < -0.4 is 0 Å². The van der Waals surface area contributed by atoms with Crippen LogP contribution >= 0.6 is 0 Å². The molecule has 0 rings (SSSR count). The van der Waals surface area contributed by atoms with E-state index in [-0.39, 0.29) is 24.6 Å². The van der Waals surface area contributed by atoms with E-state index in [1.807, 2.05) is 0 Å². The molecule has 0 fully saturated rings. The second kappa shape index (κ2) is 34.8. The van der Waals surface area contributed by atoms with Gasteiger partial charge in [-0.1, -0.05) is 194 Å². The van der Waals surface area contributed by atoms with Crippen molar-refractivity contribution in [2.45, 2.75) is 226 Å². The Balaban J connectivity index is 3.52. The van der Waals surface area contributed by atoms with Crippen molar-refractivity contribution in [3.8, 4) is 0 Å². The summed E-state index contributed by atoms with van der Waals surface area (Å²) in [6.45, 7) is 4.38. The van der Waals surface area contributed by atoms with Crippen molar-refractivity contribution in [3.63, 3.8) is 0 Å². The fourth-order valence-corrected chi connectivity index (χ4v) is 6.23. The van der Waals surface area contributed by atoms with Gasteiger partial charge >= 0.3 is 0 Å². The predicted octanol–water partition coefficient (Wildman–Crippen LogP) is 12.6. The first-order valence-electron chi connectivity index (χ1n) is 19.3. The molecule has 0 aliphatic carbocycles. The maximum absolute atomic E-state index is 12.5. The molecule has 0 aliphatic heterocycles. The minimum absolute atomic E-state index is 0.0945. The third-order valence-electron chi connectivity index (χ3n) is 9.24. The number of unbranched alkanes of at least 4 members (excludes halogenated alkanes) is 28.